The lowest BCUT2D eigenvalue weighted by Gasteiger charge is -2.33. The molecule has 1 amide bonds. The lowest BCUT2D eigenvalue weighted by Crippen LogP contribution is -2.46. The molecular weight excluding hydrogens is 471 g/mol. The molecule has 0 spiro atoms. The molecule has 2 aromatic carbocycles. The first-order valence-corrected chi connectivity index (χ1v) is 12.3. The molecule has 0 radical (unpaired) electrons. The highest BCUT2D eigenvalue weighted by molar-refractivity contribution is 5.96. The van der Waals surface area contributed by atoms with Crippen LogP contribution in [0.1, 0.15) is 29.4 Å². The normalized spacial score (nSPS) is 17.9. The Bertz CT molecular complexity index is 1360. The highest BCUT2D eigenvalue weighted by Crippen LogP contribution is 2.29. The Hall–Kier alpha value is -4.03. The molecule has 0 unspecified atom stereocenters. The standard InChI is InChI=1S/C28H33FN6O2/c1-5-8-25-20-9-6-10-24(32-22-13-16-34(3)18-21(22)29)27(20)33-35(25)15-7-14-31-23-12-11-19(28(36)30-2)17-26(23)37-4/h5-6,8-12,17,21-22,31-32H,13-14,16,18H2,1-4H3,(H,30,36)/b8-5-/t21-,22+/m0/s1. The Balaban J connectivity index is 1.55. The fourth-order valence-electron chi connectivity index (χ4n) is 4.44. The summed E-state index contributed by atoms with van der Waals surface area (Å²) in [6.45, 7) is 3.56. The van der Waals surface area contributed by atoms with Crippen molar-refractivity contribution >= 4 is 34.3 Å². The average molecular weight is 505 g/mol. The van der Waals surface area contributed by atoms with Crippen molar-refractivity contribution in [2.75, 3.05) is 51.5 Å². The molecule has 1 fully saturated rings. The average Bonchev–Trinajstić information content (AvgIpc) is 3.26. The van der Waals surface area contributed by atoms with Gasteiger partial charge in [0.25, 0.3) is 5.91 Å². The number of benzene rings is 2. The van der Waals surface area contributed by atoms with Crippen molar-refractivity contribution in [1.82, 2.24) is 20.0 Å². The Morgan fingerprint density at radius 2 is 2.14 bits per heavy atom. The number of alkyl halides is 1. The molecule has 2 heterocycles. The number of methoxy groups -OCH3 is 1. The number of piperidine rings is 1. The number of ether oxygens (including phenoxy) is 1. The maximum absolute atomic E-state index is 14.7. The smallest absolute Gasteiger partial charge is 0.251 e. The summed E-state index contributed by atoms with van der Waals surface area (Å²) in [6.07, 6.45) is 3.70. The van der Waals surface area contributed by atoms with Crippen LogP contribution in [-0.2, 0) is 0 Å². The summed E-state index contributed by atoms with van der Waals surface area (Å²) < 4.78 is 21.7. The van der Waals surface area contributed by atoms with Crippen LogP contribution in [0.3, 0.4) is 0 Å². The van der Waals surface area contributed by atoms with Crippen molar-refractivity contribution in [3.05, 3.63) is 53.7 Å². The van der Waals surface area contributed by atoms with Gasteiger partial charge in [-0.05, 0) is 50.7 Å². The number of carbonyl (C=O) groups excluding carboxylic acids is 1. The first kappa shape index (κ1) is 26.0. The number of fused-ring (bicyclic) bond motifs is 1. The predicted molar refractivity (Wildman–Crippen MR) is 147 cm³/mol. The summed E-state index contributed by atoms with van der Waals surface area (Å²) in [5.41, 5.74) is 3.67. The number of nitrogens with one attached hydrogen (secondary N) is 3. The molecule has 3 N–H and O–H groups in total. The van der Waals surface area contributed by atoms with Gasteiger partial charge in [0.15, 0.2) is 0 Å². The molecular formula is C28H33FN6O2. The molecule has 37 heavy (non-hydrogen) atoms. The van der Waals surface area contributed by atoms with E-state index in [1.165, 1.54) is 0 Å². The number of likely N-dealkylation sites (tertiary alicyclic amines) is 1. The van der Waals surface area contributed by atoms with Crippen molar-refractivity contribution in [3.8, 4) is 17.7 Å². The largest absolute Gasteiger partial charge is 0.495 e. The van der Waals surface area contributed by atoms with E-state index in [1.807, 2.05) is 49.2 Å². The molecule has 1 aliphatic heterocycles. The third-order valence-electron chi connectivity index (χ3n) is 6.39. The number of hydrogen-bond acceptors (Lipinski definition) is 6. The van der Waals surface area contributed by atoms with E-state index in [0.29, 0.717) is 24.4 Å². The molecule has 9 heteroatoms. The number of halogens is 1. The molecule has 2 atom stereocenters. The van der Waals surface area contributed by atoms with Gasteiger partial charge in [0.1, 0.15) is 17.4 Å². The van der Waals surface area contributed by atoms with Gasteiger partial charge in [-0.1, -0.05) is 24.1 Å². The molecule has 1 aromatic heterocycles. The molecule has 4 rings (SSSR count). The number of nitrogens with zero attached hydrogens (tertiary/aromatic N) is 3. The van der Waals surface area contributed by atoms with Gasteiger partial charge in [-0.15, -0.1) is 0 Å². The molecule has 0 bridgehead atoms. The Morgan fingerprint density at radius 1 is 1.30 bits per heavy atom. The van der Waals surface area contributed by atoms with Crippen LogP contribution < -0.4 is 20.7 Å². The number of rotatable bonds is 7. The quantitative estimate of drug-likeness (QED) is 0.425. The van der Waals surface area contributed by atoms with Crippen molar-refractivity contribution in [2.45, 2.75) is 25.6 Å². The maximum Gasteiger partial charge on any atom is 0.251 e. The first-order chi connectivity index (χ1) is 17.9. The molecule has 3 aromatic rings. The summed E-state index contributed by atoms with van der Waals surface area (Å²) in [6, 6.07) is 13.9. The van der Waals surface area contributed by atoms with Crippen molar-refractivity contribution in [2.24, 2.45) is 0 Å². The second kappa shape index (κ2) is 11.8. The minimum absolute atomic E-state index is 0.182. The second-order valence-electron chi connectivity index (χ2n) is 8.95. The SMILES string of the molecule is C/C=C\c1c2cccc(N[C@@H]3CCN(C)C[C@@H]3F)c2nn1C#CCNc1ccc(C(=O)NC)cc1OC. The van der Waals surface area contributed by atoms with Crippen LogP contribution in [0.25, 0.3) is 17.0 Å². The van der Waals surface area contributed by atoms with Gasteiger partial charge in [0.05, 0.1) is 36.8 Å². The fourth-order valence-corrected chi connectivity index (χ4v) is 4.44. The molecule has 0 saturated carbocycles. The first-order valence-electron chi connectivity index (χ1n) is 12.3. The van der Waals surface area contributed by atoms with Gasteiger partial charge < -0.3 is 25.6 Å². The van der Waals surface area contributed by atoms with Gasteiger partial charge in [-0.25, -0.2) is 4.39 Å². The van der Waals surface area contributed by atoms with Crippen molar-refractivity contribution in [1.29, 1.82) is 0 Å². The van der Waals surface area contributed by atoms with Gasteiger partial charge in [0.2, 0.25) is 0 Å². The second-order valence-corrected chi connectivity index (χ2v) is 8.95. The lowest BCUT2D eigenvalue weighted by atomic mass is 10.0. The monoisotopic (exact) mass is 504 g/mol. The Labute approximate surface area is 216 Å². The van der Waals surface area contributed by atoms with Crippen LogP contribution in [0.15, 0.2) is 42.5 Å². The summed E-state index contributed by atoms with van der Waals surface area (Å²) in [4.78, 5) is 13.9. The van der Waals surface area contributed by atoms with Gasteiger partial charge in [-0.2, -0.15) is 9.78 Å². The number of allylic oxidation sites excluding steroid dienone is 1. The number of amides is 1. The zero-order valence-electron chi connectivity index (χ0n) is 21.6. The van der Waals surface area contributed by atoms with E-state index in [0.717, 1.165) is 40.9 Å². The summed E-state index contributed by atoms with van der Waals surface area (Å²) in [7, 11) is 5.08. The van der Waals surface area contributed by atoms with E-state index in [1.54, 1.807) is 37.0 Å². The molecule has 8 nitrogen and oxygen atoms in total. The summed E-state index contributed by atoms with van der Waals surface area (Å²) >= 11 is 0. The number of aromatic nitrogens is 2. The summed E-state index contributed by atoms with van der Waals surface area (Å²) in [5.74, 6) is 3.48. The Morgan fingerprint density at radius 3 is 2.86 bits per heavy atom. The molecule has 1 aliphatic rings. The minimum atomic E-state index is -0.945. The van der Waals surface area contributed by atoms with E-state index in [2.05, 4.69) is 27.9 Å². The highest BCUT2D eigenvalue weighted by atomic mass is 19.1. The fraction of sp³-hybridized carbons (Fsp3) is 0.357. The van der Waals surface area contributed by atoms with Crippen molar-refractivity contribution in [3.63, 3.8) is 0 Å². The maximum atomic E-state index is 14.7. The lowest BCUT2D eigenvalue weighted by molar-refractivity contribution is 0.0962. The van der Waals surface area contributed by atoms with Crippen molar-refractivity contribution < 1.29 is 13.9 Å². The van der Waals surface area contributed by atoms with Crippen LogP contribution >= 0.6 is 0 Å². The number of anilines is 2. The third-order valence-corrected chi connectivity index (χ3v) is 6.39. The van der Waals surface area contributed by atoms with Crippen LogP contribution in [0.4, 0.5) is 15.8 Å². The molecule has 0 aliphatic carbocycles. The van der Waals surface area contributed by atoms with Crippen LogP contribution in [-0.4, -0.2) is 73.6 Å². The van der Waals surface area contributed by atoms with Gasteiger partial charge >= 0.3 is 0 Å². The third kappa shape index (κ3) is 5.87. The van der Waals surface area contributed by atoms with E-state index >= 15 is 0 Å². The minimum Gasteiger partial charge on any atom is -0.495 e. The predicted octanol–water partition coefficient (Wildman–Crippen LogP) is 3.81. The van der Waals surface area contributed by atoms with E-state index < -0.39 is 6.17 Å². The highest BCUT2D eigenvalue weighted by Gasteiger charge is 2.28. The Kier molecular flexibility index (Phi) is 8.31. The van der Waals surface area contributed by atoms with Gasteiger partial charge in [0, 0.05) is 37.1 Å². The van der Waals surface area contributed by atoms with E-state index in [9.17, 15) is 9.18 Å². The van der Waals surface area contributed by atoms with Gasteiger partial charge in [-0.3, -0.25) is 4.79 Å². The van der Waals surface area contributed by atoms with E-state index in [-0.39, 0.29) is 11.9 Å². The summed E-state index contributed by atoms with van der Waals surface area (Å²) in [5, 5.41) is 14.9. The van der Waals surface area contributed by atoms with Crippen LogP contribution in [0.5, 0.6) is 5.75 Å². The van der Waals surface area contributed by atoms with Crippen LogP contribution in [0, 0.1) is 12.0 Å². The topological polar surface area (TPSA) is 83.5 Å². The molecule has 1 saturated heterocycles. The van der Waals surface area contributed by atoms with Crippen LogP contribution in [0.2, 0.25) is 0 Å². The number of hydrogen-bond donors (Lipinski definition) is 3. The van der Waals surface area contributed by atoms with E-state index in [4.69, 9.17) is 9.84 Å². The zero-order chi connectivity index (χ0) is 26.4. The molecule has 194 valence electrons. The number of carbonyl (C=O) groups is 1. The zero-order valence-corrected chi connectivity index (χ0v) is 21.6.